The van der Waals surface area contributed by atoms with Crippen LogP contribution in [0.4, 0.5) is 5.69 Å². The number of hydrogen-bond acceptors (Lipinski definition) is 8. The maximum atomic E-state index is 4.92. The molecule has 0 radical (unpaired) electrons. The van der Waals surface area contributed by atoms with Crippen LogP contribution < -0.4 is 4.90 Å². The molecule has 6 heterocycles. The molecule has 10 nitrogen and oxygen atoms in total. The van der Waals surface area contributed by atoms with Crippen LogP contribution in [-0.4, -0.2) is 78.2 Å². The van der Waals surface area contributed by atoms with Crippen molar-refractivity contribution >= 4 is 27.6 Å². The summed E-state index contributed by atoms with van der Waals surface area (Å²) in [7, 11) is 2.15. The van der Waals surface area contributed by atoms with Crippen LogP contribution in [0.3, 0.4) is 0 Å². The van der Waals surface area contributed by atoms with E-state index < -0.39 is 0 Å². The second-order valence-electron chi connectivity index (χ2n) is 7.71. The number of rotatable bonds is 3. The standard InChI is InChI=1S/C21H20N10/c1-30-4-6-31(7-5-30)18-12-23-10-17-20(18)27-21(26-17)19-13-8-14(16-9-22-2-3-24-16)25-11-15(13)28-29-19/h2-3,8-12H,4-7H2,1H3,(H,26,27)(H,28,29). The fourth-order valence-corrected chi connectivity index (χ4v) is 3.98. The van der Waals surface area contributed by atoms with Gasteiger partial charge in [0.25, 0.3) is 0 Å². The summed E-state index contributed by atoms with van der Waals surface area (Å²) in [6, 6.07) is 1.96. The summed E-state index contributed by atoms with van der Waals surface area (Å²) in [5.41, 5.74) is 5.87. The summed E-state index contributed by atoms with van der Waals surface area (Å²) in [6.07, 6.45) is 10.5. The van der Waals surface area contributed by atoms with Crippen molar-refractivity contribution < 1.29 is 0 Å². The van der Waals surface area contributed by atoms with E-state index in [4.69, 9.17) is 4.98 Å². The minimum Gasteiger partial charge on any atom is -0.366 e. The number of hydrogen-bond donors (Lipinski definition) is 2. The molecule has 0 bridgehead atoms. The summed E-state index contributed by atoms with van der Waals surface area (Å²) in [6.45, 7) is 3.96. The number of H-pyrrole nitrogens is 2. The van der Waals surface area contributed by atoms with Crippen molar-refractivity contribution in [1.82, 2.24) is 45.0 Å². The SMILES string of the molecule is CN1CCN(c2cncc3[nH]c(-c4n[nH]c5cnc(-c6cnccn6)cc45)nc23)CC1. The highest BCUT2D eigenvalue weighted by atomic mass is 15.3. The van der Waals surface area contributed by atoms with Gasteiger partial charge in [-0.3, -0.25) is 25.0 Å². The average Bonchev–Trinajstić information content (AvgIpc) is 3.43. The molecule has 0 aromatic carbocycles. The van der Waals surface area contributed by atoms with Crippen molar-refractivity contribution in [3.63, 3.8) is 0 Å². The van der Waals surface area contributed by atoms with Crippen LogP contribution in [0.2, 0.25) is 0 Å². The second-order valence-corrected chi connectivity index (χ2v) is 7.71. The highest BCUT2D eigenvalue weighted by Crippen LogP contribution is 2.31. The molecule has 5 aromatic heterocycles. The number of fused-ring (bicyclic) bond motifs is 2. The van der Waals surface area contributed by atoms with E-state index in [2.05, 4.69) is 52.0 Å². The minimum absolute atomic E-state index is 0.695. The maximum Gasteiger partial charge on any atom is 0.159 e. The molecule has 6 rings (SSSR count). The Balaban J connectivity index is 1.44. The molecule has 0 atom stereocenters. The third-order valence-electron chi connectivity index (χ3n) is 5.72. The summed E-state index contributed by atoms with van der Waals surface area (Å²) >= 11 is 0. The van der Waals surface area contributed by atoms with Crippen molar-refractivity contribution in [3.8, 4) is 22.9 Å². The number of piperazine rings is 1. The van der Waals surface area contributed by atoms with Gasteiger partial charge in [0.1, 0.15) is 16.9 Å². The van der Waals surface area contributed by atoms with Gasteiger partial charge in [-0.1, -0.05) is 0 Å². The molecule has 0 unspecified atom stereocenters. The van der Waals surface area contributed by atoms with Gasteiger partial charge in [-0.15, -0.1) is 0 Å². The second kappa shape index (κ2) is 7.10. The lowest BCUT2D eigenvalue weighted by Crippen LogP contribution is -2.44. The molecule has 1 aliphatic rings. The first kappa shape index (κ1) is 17.9. The number of likely N-dealkylation sites (N-methyl/N-ethyl adjacent to an activating group) is 1. The Labute approximate surface area is 177 Å². The van der Waals surface area contributed by atoms with Crippen molar-refractivity contribution in [2.45, 2.75) is 0 Å². The van der Waals surface area contributed by atoms with Crippen LogP contribution in [0.25, 0.3) is 44.8 Å². The van der Waals surface area contributed by atoms with E-state index in [-0.39, 0.29) is 0 Å². The van der Waals surface area contributed by atoms with Gasteiger partial charge >= 0.3 is 0 Å². The van der Waals surface area contributed by atoms with E-state index >= 15 is 0 Å². The molecule has 0 saturated carbocycles. The van der Waals surface area contributed by atoms with Gasteiger partial charge in [-0.25, -0.2) is 4.98 Å². The van der Waals surface area contributed by atoms with Crippen LogP contribution in [0.15, 0.2) is 43.2 Å². The molecule has 1 aliphatic heterocycles. The van der Waals surface area contributed by atoms with Gasteiger partial charge in [0.2, 0.25) is 0 Å². The normalized spacial score (nSPS) is 15.2. The number of nitrogens with zero attached hydrogens (tertiary/aromatic N) is 8. The molecule has 1 fully saturated rings. The number of aromatic nitrogens is 8. The molecule has 31 heavy (non-hydrogen) atoms. The van der Waals surface area contributed by atoms with E-state index in [0.717, 1.165) is 65.2 Å². The third kappa shape index (κ3) is 3.08. The average molecular weight is 412 g/mol. The van der Waals surface area contributed by atoms with Crippen LogP contribution in [0, 0.1) is 0 Å². The predicted molar refractivity (Wildman–Crippen MR) is 118 cm³/mol. The van der Waals surface area contributed by atoms with Crippen molar-refractivity contribution in [1.29, 1.82) is 0 Å². The van der Waals surface area contributed by atoms with Crippen LogP contribution in [0.5, 0.6) is 0 Å². The Morgan fingerprint density at radius 3 is 2.61 bits per heavy atom. The zero-order chi connectivity index (χ0) is 20.8. The molecule has 5 aromatic rings. The van der Waals surface area contributed by atoms with Crippen LogP contribution >= 0.6 is 0 Å². The number of aromatic amines is 2. The molecule has 10 heteroatoms. The largest absolute Gasteiger partial charge is 0.366 e. The molecule has 2 N–H and O–H groups in total. The summed E-state index contributed by atoms with van der Waals surface area (Å²) in [5.74, 6) is 0.695. The first-order valence-corrected chi connectivity index (χ1v) is 10.1. The highest BCUT2D eigenvalue weighted by molar-refractivity contribution is 5.96. The molecule has 1 saturated heterocycles. The van der Waals surface area contributed by atoms with Crippen molar-refractivity contribution in [2.75, 3.05) is 38.1 Å². The Bertz CT molecular complexity index is 1370. The van der Waals surface area contributed by atoms with E-state index in [1.165, 1.54) is 0 Å². The van der Waals surface area contributed by atoms with Gasteiger partial charge in [-0.05, 0) is 13.1 Å². The van der Waals surface area contributed by atoms with Gasteiger partial charge in [0.05, 0.1) is 47.2 Å². The van der Waals surface area contributed by atoms with Gasteiger partial charge in [0, 0.05) is 44.0 Å². The first-order chi connectivity index (χ1) is 15.3. The van der Waals surface area contributed by atoms with Gasteiger partial charge in [-0.2, -0.15) is 5.10 Å². The quantitative estimate of drug-likeness (QED) is 0.463. The highest BCUT2D eigenvalue weighted by Gasteiger charge is 2.20. The van der Waals surface area contributed by atoms with E-state index in [9.17, 15) is 0 Å². The molecule has 0 amide bonds. The molecule has 154 valence electrons. The maximum absolute atomic E-state index is 4.92. The summed E-state index contributed by atoms with van der Waals surface area (Å²) in [5, 5.41) is 8.48. The smallest absolute Gasteiger partial charge is 0.159 e. The summed E-state index contributed by atoms with van der Waals surface area (Å²) < 4.78 is 0. The monoisotopic (exact) mass is 412 g/mol. The van der Waals surface area contributed by atoms with E-state index in [0.29, 0.717) is 11.5 Å². The lowest BCUT2D eigenvalue weighted by Gasteiger charge is -2.33. The van der Waals surface area contributed by atoms with Crippen LogP contribution in [-0.2, 0) is 0 Å². The first-order valence-electron chi connectivity index (χ1n) is 10.1. The lowest BCUT2D eigenvalue weighted by atomic mass is 10.2. The number of nitrogens with one attached hydrogen (secondary N) is 2. The van der Waals surface area contributed by atoms with Gasteiger partial charge < -0.3 is 14.8 Å². The van der Waals surface area contributed by atoms with E-state index in [1.807, 2.05) is 18.5 Å². The molecule has 0 spiro atoms. The molecular weight excluding hydrogens is 392 g/mol. The van der Waals surface area contributed by atoms with Crippen molar-refractivity contribution in [2.24, 2.45) is 0 Å². The number of imidazole rings is 1. The topological polar surface area (TPSA) is 115 Å². The zero-order valence-electron chi connectivity index (χ0n) is 16.9. The Morgan fingerprint density at radius 1 is 0.871 bits per heavy atom. The fraction of sp³-hybridized carbons (Fsp3) is 0.238. The molecule has 0 aliphatic carbocycles. The number of pyridine rings is 2. The van der Waals surface area contributed by atoms with Gasteiger partial charge in [0.15, 0.2) is 5.82 Å². The van der Waals surface area contributed by atoms with Crippen LogP contribution in [0.1, 0.15) is 0 Å². The Kier molecular flexibility index (Phi) is 4.10. The predicted octanol–water partition coefficient (Wildman–Crippen LogP) is 2.10. The number of anilines is 1. The zero-order valence-corrected chi connectivity index (χ0v) is 16.9. The van der Waals surface area contributed by atoms with E-state index in [1.54, 1.807) is 24.8 Å². The van der Waals surface area contributed by atoms with Crippen molar-refractivity contribution in [3.05, 3.63) is 43.2 Å². The third-order valence-corrected chi connectivity index (χ3v) is 5.72. The Hall–Kier alpha value is -3.92. The lowest BCUT2D eigenvalue weighted by molar-refractivity contribution is 0.313. The molecular formula is C21H20N10. The minimum atomic E-state index is 0.695. The summed E-state index contributed by atoms with van der Waals surface area (Å²) in [4.78, 5) is 30.4. The Morgan fingerprint density at radius 2 is 1.77 bits per heavy atom. The fourth-order valence-electron chi connectivity index (χ4n) is 3.98.